The summed E-state index contributed by atoms with van der Waals surface area (Å²) in [5.41, 5.74) is 2.29. The first-order valence-corrected chi connectivity index (χ1v) is 6.91. The Kier molecular flexibility index (Phi) is 3.07. The van der Waals surface area contributed by atoms with Gasteiger partial charge < -0.3 is 5.43 Å². The Morgan fingerprint density at radius 1 is 1.47 bits per heavy atom. The van der Waals surface area contributed by atoms with Gasteiger partial charge in [-0.15, -0.1) is 0 Å². The van der Waals surface area contributed by atoms with Gasteiger partial charge in [-0.3, -0.25) is 5.84 Å². The van der Waals surface area contributed by atoms with Crippen LogP contribution in [-0.4, -0.2) is 18.9 Å². The second-order valence-electron chi connectivity index (χ2n) is 4.52. The molecule has 0 spiro atoms. The van der Waals surface area contributed by atoms with Crippen molar-refractivity contribution in [3.8, 4) is 0 Å². The van der Waals surface area contributed by atoms with Crippen molar-refractivity contribution in [1.82, 2.24) is 9.71 Å². The van der Waals surface area contributed by atoms with E-state index in [1.165, 1.54) is 6.20 Å². The van der Waals surface area contributed by atoms with Crippen LogP contribution in [0.25, 0.3) is 0 Å². The monoisotopic (exact) mass is 256 g/mol. The van der Waals surface area contributed by atoms with Gasteiger partial charge in [0, 0.05) is 11.7 Å². The highest BCUT2D eigenvalue weighted by molar-refractivity contribution is 7.89. The van der Waals surface area contributed by atoms with E-state index in [1.807, 2.05) is 6.92 Å². The summed E-state index contributed by atoms with van der Waals surface area (Å²) < 4.78 is 27.0. The van der Waals surface area contributed by atoms with Gasteiger partial charge in [0.1, 0.15) is 0 Å². The molecular formula is C10H16N4O2S. The molecule has 1 aromatic heterocycles. The Hall–Kier alpha value is -1.18. The van der Waals surface area contributed by atoms with Crippen molar-refractivity contribution in [2.24, 2.45) is 5.84 Å². The Bertz CT molecular complexity index is 511. The number of nitrogens with one attached hydrogen (secondary N) is 2. The Morgan fingerprint density at radius 3 is 2.71 bits per heavy atom. The number of nitrogens with two attached hydrogens (primary N) is 1. The summed E-state index contributed by atoms with van der Waals surface area (Å²) in [7, 11) is -3.63. The molecule has 0 bridgehead atoms. The first-order chi connectivity index (χ1) is 7.97. The molecule has 0 aliphatic heterocycles. The molecule has 0 radical (unpaired) electrons. The van der Waals surface area contributed by atoms with Gasteiger partial charge in [-0.05, 0) is 38.3 Å². The summed E-state index contributed by atoms with van der Waals surface area (Å²) in [4.78, 5) is 3.87. The highest BCUT2D eigenvalue weighted by Crippen LogP contribution is 2.33. The van der Waals surface area contributed by atoms with Crippen molar-refractivity contribution in [3.63, 3.8) is 0 Å². The molecule has 1 saturated carbocycles. The summed E-state index contributed by atoms with van der Waals surface area (Å²) in [5, 5.41) is -0.0596. The van der Waals surface area contributed by atoms with Crippen LogP contribution >= 0.6 is 0 Å². The predicted octanol–water partition coefficient (Wildman–Crippen LogP) is 0.588. The fourth-order valence-electron chi connectivity index (χ4n) is 1.90. The maximum atomic E-state index is 12.2. The molecule has 0 unspecified atom stereocenters. The van der Waals surface area contributed by atoms with Crippen LogP contribution in [0, 0.1) is 0 Å². The van der Waals surface area contributed by atoms with Gasteiger partial charge in [-0.1, -0.05) is 0 Å². The SMILES string of the molecule is CC1(NS(=O)(=O)c2ncccc2NN)CCC1. The quantitative estimate of drug-likeness (QED) is 0.541. The maximum absolute atomic E-state index is 12.2. The van der Waals surface area contributed by atoms with E-state index in [0.29, 0.717) is 5.69 Å². The van der Waals surface area contributed by atoms with Crippen molar-refractivity contribution < 1.29 is 8.42 Å². The Balaban J connectivity index is 2.31. The van der Waals surface area contributed by atoms with Gasteiger partial charge in [-0.2, -0.15) is 0 Å². The average Bonchev–Trinajstić information content (AvgIpc) is 2.26. The number of rotatable bonds is 4. The molecule has 0 amide bonds. The average molecular weight is 256 g/mol. The third kappa shape index (κ3) is 2.41. The van der Waals surface area contributed by atoms with E-state index in [2.05, 4.69) is 15.1 Å². The lowest BCUT2D eigenvalue weighted by atomic mass is 9.80. The Labute approximate surface area is 101 Å². The van der Waals surface area contributed by atoms with Crippen molar-refractivity contribution >= 4 is 15.7 Å². The van der Waals surface area contributed by atoms with Crippen LogP contribution in [0.5, 0.6) is 0 Å². The van der Waals surface area contributed by atoms with Crippen LogP contribution in [-0.2, 0) is 10.0 Å². The van der Waals surface area contributed by atoms with Crippen LogP contribution in [0.15, 0.2) is 23.4 Å². The van der Waals surface area contributed by atoms with Gasteiger partial charge >= 0.3 is 0 Å². The van der Waals surface area contributed by atoms with E-state index in [1.54, 1.807) is 12.1 Å². The molecule has 0 saturated heterocycles. The first kappa shape index (κ1) is 12.3. The summed E-state index contributed by atoms with van der Waals surface area (Å²) in [5.74, 6) is 5.28. The normalized spacial score (nSPS) is 18.5. The molecule has 2 rings (SSSR count). The van der Waals surface area contributed by atoms with Crippen LogP contribution in [0.3, 0.4) is 0 Å². The molecule has 1 aromatic rings. The van der Waals surface area contributed by atoms with Gasteiger partial charge in [-0.25, -0.2) is 18.1 Å². The van der Waals surface area contributed by atoms with Gasteiger partial charge in [0.25, 0.3) is 10.0 Å². The summed E-state index contributed by atoms with van der Waals surface area (Å²) in [6.45, 7) is 1.90. The van der Waals surface area contributed by atoms with E-state index in [-0.39, 0.29) is 10.6 Å². The fraction of sp³-hybridized carbons (Fsp3) is 0.500. The lowest BCUT2D eigenvalue weighted by Crippen LogP contribution is -2.51. The molecule has 7 heteroatoms. The number of hydrogen-bond donors (Lipinski definition) is 3. The molecular weight excluding hydrogens is 240 g/mol. The molecule has 0 aromatic carbocycles. The maximum Gasteiger partial charge on any atom is 0.260 e. The van der Waals surface area contributed by atoms with E-state index in [4.69, 9.17) is 5.84 Å². The second kappa shape index (κ2) is 4.25. The summed E-state index contributed by atoms with van der Waals surface area (Å²) >= 11 is 0. The number of hydrogen-bond acceptors (Lipinski definition) is 5. The number of anilines is 1. The third-order valence-electron chi connectivity index (χ3n) is 3.02. The zero-order valence-electron chi connectivity index (χ0n) is 9.60. The second-order valence-corrected chi connectivity index (χ2v) is 6.12. The molecule has 1 aliphatic rings. The van der Waals surface area contributed by atoms with Crippen LogP contribution in [0.4, 0.5) is 5.69 Å². The molecule has 17 heavy (non-hydrogen) atoms. The molecule has 0 atom stereocenters. The largest absolute Gasteiger partial charge is 0.321 e. The number of pyridine rings is 1. The van der Waals surface area contributed by atoms with E-state index < -0.39 is 10.0 Å². The molecule has 1 fully saturated rings. The minimum Gasteiger partial charge on any atom is -0.321 e. The van der Waals surface area contributed by atoms with Crippen molar-refractivity contribution in [1.29, 1.82) is 0 Å². The summed E-state index contributed by atoms with van der Waals surface area (Å²) in [6, 6.07) is 3.20. The number of nitrogen functional groups attached to an aromatic ring is 1. The number of aromatic nitrogens is 1. The van der Waals surface area contributed by atoms with Gasteiger partial charge in [0.15, 0.2) is 5.03 Å². The van der Waals surface area contributed by atoms with Crippen molar-refractivity contribution in [2.75, 3.05) is 5.43 Å². The van der Waals surface area contributed by atoms with Crippen molar-refractivity contribution in [2.45, 2.75) is 36.8 Å². The van der Waals surface area contributed by atoms with Gasteiger partial charge in [0.05, 0.1) is 5.69 Å². The smallest absolute Gasteiger partial charge is 0.260 e. The first-order valence-electron chi connectivity index (χ1n) is 5.42. The third-order valence-corrected chi connectivity index (χ3v) is 4.62. The zero-order valence-corrected chi connectivity index (χ0v) is 10.4. The van der Waals surface area contributed by atoms with E-state index >= 15 is 0 Å². The molecule has 4 N–H and O–H groups in total. The summed E-state index contributed by atoms with van der Waals surface area (Å²) in [6.07, 6.45) is 4.18. The molecule has 94 valence electrons. The molecule has 1 aliphatic carbocycles. The van der Waals surface area contributed by atoms with E-state index in [0.717, 1.165) is 19.3 Å². The molecule has 6 nitrogen and oxygen atoms in total. The highest BCUT2D eigenvalue weighted by atomic mass is 32.2. The zero-order chi connectivity index (χ0) is 12.5. The van der Waals surface area contributed by atoms with Crippen LogP contribution in [0.2, 0.25) is 0 Å². The number of sulfonamides is 1. The van der Waals surface area contributed by atoms with Crippen LogP contribution < -0.4 is 16.0 Å². The fourth-order valence-corrected chi connectivity index (χ4v) is 3.46. The standard InChI is InChI=1S/C10H16N4O2S/c1-10(5-3-6-10)14-17(15,16)9-8(13-11)4-2-7-12-9/h2,4,7,13-14H,3,5-6,11H2,1H3. The lowest BCUT2D eigenvalue weighted by Gasteiger charge is -2.38. The number of hydrazine groups is 1. The topological polar surface area (TPSA) is 97.1 Å². The van der Waals surface area contributed by atoms with E-state index in [9.17, 15) is 8.42 Å². The van der Waals surface area contributed by atoms with Crippen molar-refractivity contribution in [3.05, 3.63) is 18.3 Å². The predicted molar refractivity (Wildman–Crippen MR) is 64.6 cm³/mol. The van der Waals surface area contributed by atoms with Crippen LogP contribution in [0.1, 0.15) is 26.2 Å². The number of nitrogens with zero attached hydrogens (tertiary/aromatic N) is 1. The molecule has 1 heterocycles. The minimum absolute atomic E-state index is 0.0596. The lowest BCUT2D eigenvalue weighted by molar-refractivity contribution is 0.248. The minimum atomic E-state index is -3.63. The highest BCUT2D eigenvalue weighted by Gasteiger charge is 2.37. The van der Waals surface area contributed by atoms with Gasteiger partial charge in [0.2, 0.25) is 0 Å². The Morgan fingerprint density at radius 2 is 2.18 bits per heavy atom.